The number of amides is 2. The van der Waals surface area contributed by atoms with E-state index in [0.717, 1.165) is 16.9 Å². The van der Waals surface area contributed by atoms with Gasteiger partial charge >= 0.3 is 0 Å². The highest BCUT2D eigenvalue weighted by atomic mass is 16.5. The van der Waals surface area contributed by atoms with E-state index in [-0.39, 0.29) is 29.4 Å². The Morgan fingerprint density at radius 3 is 2.75 bits per heavy atom. The number of carbonyl (C=O) groups is 2. The number of rotatable bonds is 4. The fraction of sp³-hybridized carbons (Fsp3) is 0.190. The molecule has 0 saturated heterocycles. The molecular weight excluding hydrogens is 356 g/mol. The summed E-state index contributed by atoms with van der Waals surface area (Å²) in [5, 5.41) is 5.76. The predicted molar refractivity (Wildman–Crippen MR) is 105 cm³/mol. The lowest BCUT2D eigenvalue weighted by Gasteiger charge is -2.25. The van der Waals surface area contributed by atoms with Crippen molar-refractivity contribution in [3.63, 3.8) is 0 Å². The van der Waals surface area contributed by atoms with Gasteiger partial charge < -0.3 is 19.9 Å². The molecule has 0 bridgehead atoms. The maximum atomic E-state index is 12.5. The minimum atomic E-state index is -0.346. The molecule has 0 radical (unpaired) electrons. The first-order valence-electron chi connectivity index (χ1n) is 8.93. The average Bonchev–Trinajstić information content (AvgIpc) is 3.13. The van der Waals surface area contributed by atoms with Crippen molar-refractivity contribution >= 4 is 17.5 Å². The van der Waals surface area contributed by atoms with Crippen LogP contribution in [0.3, 0.4) is 0 Å². The number of fused-ring (bicyclic) bond motifs is 1. The molecule has 0 spiro atoms. The van der Waals surface area contributed by atoms with E-state index >= 15 is 0 Å². The molecule has 1 aliphatic heterocycles. The summed E-state index contributed by atoms with van der Waals surface area (Å²) < 4.78 is 6.89. The van der Waals surface area contributed by atoms with Crippen LogP contribution in [0.2, 0.25) is 0 Å². The Kier molecular flexibility index (Phi) is 4.57. The van der Waals surface area contributed by atoms with Gasteiger partial charge in [0.25, 0.3) is 11.8 Å². The largest absolute Gasteiger partial charge is 0.497 e. The van der Waals surface area contributed by atoms with Crippen LogP contribution in [0.25, 0.3) is 0 Å². The van der Waals surface area contributed by atoms with Crippen molar-refractivity contribution in [3.05, 3.63) is 77.4 Å². The van der Waals surface area contributed by atoms with Crippen molar-refractivity contribution in [2.24, 2.45) is 0 Å². The third-order valence-corrected chi connectivity index (χ3v) is 4.69. The number of hydrogen-bond donors (Lipinski definition) is 2. The molecule has 1 unspecified atom stereocenters. The lowest BCUT2D eigenvalue weighted by Crippen LogP contribution is -2.38. The van der Waals surface area contributed by atoms with Gasteiger partial charge in [0.05, 0.1) is 13.2 Å². The Bertz CT molecular complexity index is 1040. The first kappa shape index (κ1) is 17.8. The van der Waals surface area contributed by atoms with Crippen LogP contribution in [0.4, 0.5) is 5.69 Å². The normalized spacial score (nSPS) is 15.5. The number of methoxy groups -OCH3 is 1. The van der Waals surface area contributed by atoms with Gasteiger partial charge in [-0.05, 0) is 42.3 Å². The van der Waals surface area contributed by atoms with E-state index in [9.17, 15) is 9.59 Å². The van der Waals surface area contributed by atoms with Crippen molar-refractivity contribution in [1.29, 1.82) is 0 Å². The number of aryl methyl sites for hydroxylation is 1. The summed E-state index contributed by atoms with van der Waals surface area (Å²) in [4.78, 5) is 29.2. The van der Waals surface area contributed by atoms with Crippen LogP contribution in [-0.4, -0.2) is 28.5 Å². The topological polar surface area (TPSA) is 85.2 Å². The van der Waals surface area contributed by atoms with Gasteiger partial charge in [0.2, 0.25) is 0 Å². The summed E-state index contributed by atoms with van der Waals surface area (Å²) in [7, 11) is 1.61. The third-order valence-electron chi connectivity index (χ3n) is 4.69. The molecule has 7 heteroatoms. The van der Waals surface area contributed by atoms with Gasteiger partial charge in [-0.3, -0.25) is 9.59 Å². The SMILES string of the molecule is COc1ccc(C2Cn3cc(C(=O)Nc4cccc(C)c4)nc3C(=O)N2)cc1. The first-order chi connectivity index (χ1) is 13.5. The van der Waals surface area contributed by atoms with E-state index in [0.29, 0.717) is 12.2 Å². The molecule has 0 fully saturated rings. The van der Waals surface area contributed by atoms with Crippen LogP contribution in [0.1, 0.15) is 38.3 Å². The lowest BCUT2D eigenvalue weighted by molar-refractivity contribution is 0.0894. The lowest BCUT2D eigenvalue weighted by atomic mass is 10.1. The fourth-order valence-corrected chi connectivity index (χ4v) is 3.25. The predicted octanol–water partition coefficient (Wildman–Crippen LogP) is 2.94. The minimum absolute atomic E-state index is 0.201. The summed E-state index contributed by atoms with van der Waals surface area (Å²) in [6.45, 7) is 2.45. The van der Waals surface area contributed by atoms with Crippen LogP contribution in [0.15, 0.2) is 54.7 Å². The molecule has 2 N–H and O–H groups in total. The van der Waals surface area contributed by atoms with Gasteiger partial charge in [-0.15, -0.1) is 0 Å². The molecule has 28 heavy (non-hydrogen) atoms. The van der Waals surface area contributed by atoms with Crippen molar-refractivity contribution in [3.8, 4) is 5.75 Å². The number of hydrogen-bond acceptors (Lipinski definition) is 4. The Morgan fingerprint density at radius 1 is 1.25 bits per heavy atom. The summed E-state index contributed by atoms with van der Waals surface area (Å²) in [6.07, 6.45) is 1.62. The van der Waals surface area contributed by atoms with E-state index in [4.69, 9.17) is 4.74 Å². The quantitative estimate of drug-likeness (QED) is 0.733. The van der Waals surface area contributed by atoms with Gasteiger partial charge in [-0.2, -0.15) is 0 Å². The van der Waals surface area contributed by atoms with Crippen molar-refractivity contribution in [1.82, 2.24) is 14.9 Å². The Morgan fingerprint density at radius 2 is 2.04 bits per heavy atom. The highest BCUT2D eigenvalue weighted by Crippen LogP contribution is 2.24. The highest BCUT2D eigenvalue weighted by molar-refractivity contribution is 6.04. The Balaban J connectivity index is 1.54. The second kappa shape index (κ2) is 7.19. The number of nitrogens with one attached hydrogen (secondary N) is 2. The molecule has 2 amide bonds. The highest BCUT2D eigenvalue weighted by Gasteiger charge is 2.28. The van der Waals surface area contributed by atoms with Gasteiger partial charge in [0.1, 0.15) is 11.4 Å². The van der Waals surface area contributed by atoms with Gasteiger partial charge in [0, 0.05) is 18.4 Å². The molecule has 4 rings (SSSR count). The molecule has 2 heterocycles. The number of carbonyl (C=O) groups excluding carboxylic acids is 2. The summed E-state index contributed by atoms with van der Waals surface area (Å²) in [5.41, 5.74) is 2.90. The fourth-order valence-electron chi connectivity index (χ4n) is 3.25. The number of benzene rings is 2. The number of anilines is 1. The molecule has 0 saturated carbocycles. The monoisotopic (exact) mass is 376 g/mol. The molecule has 1 atom stereocenters. The second-order valence-electron chi connectivity index (χ2n) is 6.72. The summed E-state index contributed by atoms with van der Waals surface area (Å²) in [5.74, 6) is 0.339. The van der Waals surface area contributed by atoms with Crippen molar-refractivity contribution < 1.29 is 14.3 Å². The van der Waals surface area contributed by atoms with E-state index in [1.807, 2.05) is 55.5 Å². The van der Waals surface area contributed by atoms with Crippen molar-refractivity contribution in [2.45, 2.75) is 19.5 Å². The second-order valence-corrected chi connectivity index (χ2v) is 6.72. The molecule has 1 aromatic heterocycles. The molecule has 142 valence electrons. The van der Waals surface area contributed by atoms with Gasteiger partial charge in [0.15, 0.2) is 5.82 Å². The van der Waals surface area contributed by atoms with E-state index in [1.165, 1.54) is 0 Å². The maximum absolute atomic E-state index is 12.5. The Labute approximate surface area is 162 Å². The van der Waals surface area contributed by atoms with Crippen LogP contribution < -0.4 is 15.4 Å². The summed E-state index contributed by atoms with van der Waals surface area (Å²) in [6, 6.07) is 14.8. The number of ether oxygens (including phenoxy) is 1. The van der Waals surface area contributed by atoms with Crippen molar-refractivity contribution in [2.75, 3.05) is 12.4 Å². The van der Waals surface area contributed by atoms with Crippen LogP contribution >= 0.6 is 0 Å². The molecule has 2 aromatic carbocycles. The summed E-state index contributed by atoms with van der Waals surface area (Å²) >= 11 is 0. The molecule has 7 nitrogen and oxygen atoms in total. The van der Waals surface area contributed by atoms with Gasteiger partial charge in [-0.25, -0.2) is 4.98 Å². The number of imidazole rings is 1. The maximum Gasteiger partial charge on any atom is 0.287 e. The van der Waals surface area contributed by atoms with Gasteiger partial charge in [-0.1, -0.05) is 24.3 Å². The molecular formula is C21H20N4O3. The molecule has 0 aliphatic carbocycles. The zero-order valence-electron chi connectivity index (χ0n) is 15.6. The van der Waals surface area contributed by atoms with E-state index in [1.54, 1.807) is 17.9 Å². The third kappa shape index (κ3) is 3.46. The van der Waals surface area contributed by atoms with E-state index in [2.05, 4.69) is 15.6 Å². The first-order valence-corrected chi connectivity index (χ1v) is 8.93. The standard InChI is InChI=1S/C21H20N4O3/c1-13-4-3-5-15(10-13)22-20(26)18-12-25-11-17(24-21(27)19(25)23-18)14-6-8-16(28-2)9-7-14/h3-10,12,17H,11H2,1-2H3,(H,22,26)(H,24,27). The minimum Gasteiger partial charge on any atom is -0.497 e. The average molecular weight is 376 g/mol. The van der Waals surface area contributed by atoms with Crippen LogP contribution in [0.5, 0.6) is 5.75 Å². The smallest absolute Gasteiger partial charge is 0.287 e. The number of aromatic nitrogens is 2. The van der Waals surface area contributed by atoms with Crippen LogP contribution in [0, 0.1) is 6.92 Å². The molecule has 3 aromatic rings. The van der Waals surface area contributed by atoms with E-state index < -0.39 is 0 Å². The van der Waals surface area contributed by atoms with Crippen LogP contribution in [-0.2, 0) is 6.54 Å². The zero-order valence-corrected chi connectivity index (χ0v) is 15.6. The molecule has 1 aliphatic rings. The zero-order chi connectivity index (χ0) is 19.7. The Hall–Kier alpha value is -3.61. The number of nitrogens with zero attached hydrogens (tertiary/aromatic N) is 2.